The molecule has 0 spiro atoms. The van der Waals surface area contributed by atoms with Crippen molar-refractivity contribution in [2.24, 2.45) is 0 Å². The van der Waals surface area contributed by atoms with Crippen LogP contribution in [0.2, 0.25) is 12.1 Å². The third-order valence-corrected chi connectivity index (χ3v) is 4.62. The van der Waals surface area contributed by atoms with Gasteiger partial charge in [-0.25, -0.2) is 0 Å². The van der Waals surface area contributed by atoms with Crippen molar-refractivity contribution in [2.45, 2.75) is 32.2 Å². The Hall–Kier alpha value is 0.0569. The molecule has 4 nitrogen and oxygen atoms in total. The number of hydrogen-bond acceptors (Lipinski definition) is 4. The zero-order valence-corrected chi connectivity index (χ0v) is 13.3. The highest BCUT2D eigenvalue weighted by molar-refractivity contribution is 6.35. The molecule has 0 aromatic rings. The summed E-state index contributed by atoms with van der Waals surface area (Å²) in [6.07, 6.45) is -0.00246. The fraction of sp³-hybridized carbons (Fsp3) is 1.00. The predicted molar refractivity (Wildman–Crippen MR) is 74.6 cm³/mol. The van der Waals surface area contributed by atoms with Crippen LogP contribution in [0, 0.1) is 0 Å². The Morgan fingerprint density at radius 3 is 2.24 bits per heavy atom. The number of hydrogen-bond donors (Lipinski definition) is 0. The lowest BCUT2D eigenvalue weighted by atomic mass is 10.5. The van der Waals surface area contributed by atoms with E-state index in [-0.39, 0.29) is 15.8 Å². The van der Waals surface area contributed by atoms with Crippen LogP contribution in [-0.2, 0) is 14.2 Å². The van der Waals surface area contributed by atoms with Crippen molar-refractivity contribution in [2.75, 3.05) is 47.1 Å². The lowest BCUT2D eigenvalue weighted by molar-refractivity contribution is -0.0876. The molecule has 0 amide bonds. The molecule has 0 atom stereocenters. The van der Waals surface area contributed by atoms with Crippen molar-refractivity contribution in [3.8, 4) is 0 Å². The van der Waals surface area contributed by atoms with Crippen molar-refractivity contribution < 1.29 is 14.2 Å². The van der Waals surface area contributed by atoms with Crippen LogP contribution in [0.5, 0.6) is 0 Å². The molecule has 0 aliphatic heterocycles. The number of methoxy groups -OCH3 is 2. The molecular weight excluding hydrogens is 234 g/mol. The molecule has 0 saturated carbocycles. The second-order valence-corrected chi connectivity index (χ2v) is 6.03. The Bertz CT molecular complexity index is 137. The van der Waals surface area contributed by atoms with Crippen LogP contribution in [0.3, 0.4) is 0 Å². The Morgan fingerprint density at radius 1 is 1.06 bits per heavy atom. The molecule has 0 saturated heterocycles. The molecule has 0 radical (unpaired) electrons. The quantitative estimate of drug-likeness (QED) is 0.298. The molecule has 0 heterocycles. The summed E-state index contributed by atoms with van der Waals surface area (Å²) >= 11 is 0. The van der Waals surface area contributed by atoms with Gasteiger partial charge in [-0.2, -0.15) is 0 Å². The molecule has 0 aliphatic rings. The van der Waals surface area contributed by atoms with Gasteiger partial charge in [-0.1, -0.05) is 13.8 Å². The zero-order valence-electron chi connectivity index (χ0n) is 11.9. The summed E-state index contributed by atoms with van der Waals surface area (Å²) in [5.41, 5.74) is 0. The van der Waals surface area contributed by atoms with Crippen LogP contribution in [-0.4, -0.2) is 67.8 Å². The average Bonchev–Trinajstić information content (AvgIpc) is 2.37. The first-order valence-electron chi connectivity index (χ1n) is 6.64. The summed E-state index contributed by atoms with van der Waals surface area (Å²) in [5, 5.41) is 0. The molecule has 0 aromatic carbocycles. The van der Waals surface area contributed by atoms with E-state index in [2.05, 4.69) is 18.7 Å². The van der Waals surface area contributed by atoms with Crippen molar-refractivity contribution in [1.29, 1.82) is 0 Å². The summed E-state index contributed by atoms with van der Waals surface area (Å²) in [7, 11) is 3.29. The van der Waals surface area contributed by atoms with Crippen LogP contribution >= 0.6 is 0 Å². The molecule has 0 N–H and O–H groups in total. The highest BCUT2D eigenvalue weighted by Gasteiger charge is 2.04. The van der Waals surface area contributed by atoms with Crippen LogP contribution in [0.4, 0.5) is 0 Å². The zero-order chi connectivity index (χ0) is 12.9. The van der Waals surface area contributed by atoms with Crippen molar-refractivity contribution >= 4 is 9.52 Å². The molecule has 0 rings (SSSR count). The van der Waals surface area contributed by atoms with Gasteiger partial charge in [-0.3, -0.25) is 0 Å². The van der Waals surface area contributed by atoms with Gasteiger partial charge in [-0.15, -0.1) is 0 Å². The van der Waals surface area contributed by atoms with Gasteiger partial charge in [0, 0.05) is 36.9 Å². The number of ether oxygens (including phenoxy) is 3. The van der Waals surface area contributed by atoms with Gasteiger partial charge >= 0.3 is 0 Å². The molecule has 0 unspecified atom stereocenters. The number of nitrogens with zero attached hydrogens (tertiary/aromatic N) is 1. The fourth-order valence-electron chi connectivity index (χ4n) is 1.68. The van der Waals surface area contributed by atoms with E-state index in [1.807, 2.05) is 0 Å². The average molecular weight is 263 g/mol. The van der Waals surface area contributed by atoms with Gasteiger partial charge in [0.1, 0.15) is 0 Å². The monoisotopic (exact) mass is 263 g/mol. The predicted octanol–water partition coefficient (Wildman–Crippen LogP) is 0.969. The third kappa shape index (κ3) is 9.73. The number of likely N-dealkylation sites (N-methyl/N-ethyl adjacent to an activating group) is 1. The van der Waals surface area contributed by atoms with E-state index in [4.69, 9.17) is 14.2 Å². The third-order valence-electron chi connectivity index (χ3n) is 2.95. The number of rotatable bonds is 12. The molecule has 0 aliphatic carbocycles. The molecule has 5 heteroatoms. The van der Waals surface area contributed by atoms with Gasteiger partial charge in [0.2, 0.25) is 0 Å². The Labute approximate surface area is 108 Å². The SMILES string of the molecule is CCN(CC)CCOCC[SiH2]CC(OC)OC. The summed E-state index contributed by atoms with van der Waals surface area (Å²) in [6, 6.07) is 2.29. The molecule has 104 valence electrons. The summed E-state index contributed by atoms with van der Waals surface area (Å²) < 4.78 is 15.9. The smallest absolute Gasteiger partial charge is 0.153 e. The van der Waals surface area contributed by atoms with Crippen molar-refractivity contribution in [3.05, 3.63) is 0 Å². The van der Waals surface area contributed by atoms with Crippen molar-refractivity contribution in [1.82, 2.24) is 4.90 Å². The summed E-state index contributed by atoms with van der Waals surface area (Å²) in [4.78, 5) is 2.38. The van der Waals surface area contributed by atoms with Gasteiger partial charge in [0.15, 0.2) is 6.29 Å². The van der Waals surface area contributed by atoms with Gasteiger partial charge in [0.05, 0.1) is 6.61 Å². The van der Waals surface area contributed by atoms with E-state index in [1.165, 1.54) is 6.04 Å². The van der Waals surface area contributed by atoms with Gasteiger partial charge in [0.25, 0.3) is 0 Å². The van der Waals surface area contributed by atoms with E-state index in [9.17, 15) is 0 Å². The molecule has 0 fully saturated rings. The Morgan fingerprint density at radius 2 is 1.71 bits per heavy atom. The maximum atomic E-state index is 5.63. The minimum Gasteiger partial charge on any atom is -0.380 e. The first-order chi connectivity index (χ1) is 8.28. The maximum absolute atomic E-state index is 5.63. The van der Waals surface area contributed by atoms with E-state index in [0.29, 0.717) is 0 Å². The lowest BCUT2D eigenvalue weighted by Crippen LogP contribution is -2.27. The molecular formula is C12H29NO3Si. The summed E-state index contributed by atoms with van der Waals surface area (Å²) in [5.74, 6) is 0. The minimum absolute atomic E-state index is 0.00246. The maximum Gasteiger partial charge on any atom is 0.153 e. The van der Waals surface area contributed by atoms with E-state index in [1.54, 1.807) is 14.2 Å². The second-order valence-electron chi connectivity index (χ2n) is 4.04. The second kappa shape index (κ2) is 12.5. The standard InChI is InChI=1S/C12H29NO3Si/c1-5-13(6-2)7-8-16-9-10-17-11-12(14-3)15-4/h12H,5-11,17H2,1-4H3. The highest BCUT2D eigenvalue weighted by Crippen LogP contribution is 1.99. The first-order valence-corrected chi connectivity index (χ1v) is 8.64. The van der Waals surface area contributed by atoms with Crippen molar-refractivity contribution in [3.63, 3.8) is 0 Å². The molecule has 17 heavy (non-hydrogen) atoms. The largest absolute Gasteiger partial charge is 0.380 e. The molecule has 0 aromatic heterocycles. The van der Waals surface area contributed by atoms with Crippen LogP contribution in [0.1, 0.15) is 13.8 Å². The highest BCUT2D eigenvalue weighted by atomic mass is 28.2. The Balaban J connectivity index is 3.23. The topological polar surface area (TPSA) is 30.9 Å². The fourth-order valence-corrected chi connectivity index (χ4v) is 3.18. The Kier molecular flexibility index (Phi) is 12.6. The minimum atomic E-state index is -0.105. The molecule has 0 bridgehead atoms. The first kappa shape index (κ1) is 17.1. The summed E-state index contributed by atoms with van der Waals surface area (Å²) in [6.45, 7) is 9.39. The van der Waals surface area contributed by atoms with E-state index in [0.717, 1.165) is 38.9 Å². The normalized spacial score (nSPS) is 12.4. The van der Waals surface area contributed by atoms with Gasteiger partial charge < -0.3 is 19.1 Å². The van der Waals surface area contributed by atoms with Crippen LogP contribution < -0.4 is 0 Å². The lowest BCUT2D eigenvalue weighted by Gasteiger charge is -2.17. The van der Waals surface area contributed by atoms with Crippen LogP contribution in [0.25, 0.3) is 0 Å². The van der Waals surface area contributed by atoms with Gasteiger partial charge in [-0.05, 0) is 25.2 Å². The van der Waals surface area contributed by atoms with Crippen LogP contribution in [0.15, 0.2) is 0 Å². The van der Waals surface area contributed by atoms with E-state index >= 15 is 0 Å². The van der Waals surface area contributed by atoms with E-state index < -0.39 is 0 Å².